The fourth-order valence-electron chi connectivity index (χ4n) is 2.24. The Bertz CT molecular complexity index is 1100. The number of nitrogens with one attached hydrogen (secondary N) is 2. The summed E-state index contributed by atoms with van der Waals surface area (Å²) in [4.78, 5) is 11.4. The second-order valence-electron chi connectivity index (χ2n) is 5.49. The number of benzene rings is 2. The molecule has 148 valence electrons. The average Bonchev–Trinajstić information content (AvgIpc) is 2.74. The van der Waals surface area contributed by atoms with Gasteiger partial charge in [-0.1, -0.05) is 0 Å². The third-order valence-corrected chi connectivity index (χ3v) is 6.39. The Hall–Kier alpha value is -2.98. The predicted molar refractivity (Wildman–Crippen MR) is 113 cm³/mol. The highest BCUT2D eigenvalue weighted by molar-refractivity contribution is 8.02. The standard InChI is InChI=1S/C19H15ClN4O3S2/c1-28-19(13(11-21)12-22)24-15-4-8-17(9-5-15)29(26,27)16-6-2-14(3-7-16)23-18(25)10-20/h2-9,24H,10H2,1H3,(H,23,25). The normalized spacial score (nSPS) is 10.3. The van der Waals surface area contributed by atoms with Gasteiger partial charge in [-0.15, -0.1) is 23.4 Å². The molecular weight excluding hydrogens is 432 g/mol. The van der Waals surface area contributed by atoms with Crippen LogP contribution in [0.25, 0.3) is 0 Å². The smallest absolute Gasteiger partial charge is 0.239 e. The van der Waals surface area contributed by atoms with Crippen LogP contribution >= 0.6 is 23.4 Å². The molecule has 7 nitrogen and oxygen atoms in total. The molecule has 0 unspecified atom stereocenters. The van der Waals surface area contributed by atoms with Crippen LogP contribution in [-0.2, 0) is 14.6 Å². The van der Waals surface area contributed by atoms with Crippen molar-refractivity contribution < 1.29 is 13.2 Å². The number of hydrogen-bond donors (Lipinski definition) is 2. The van der Waals surface area contributed by atoms with Crippen molar-refractivity contribution in [2.24, 2.45) is 0 Å². The Morgan fingerprint density at radius 1 is 0.966 bits per heavy atom. The van der Waals surface area contributed by atoms with Crippen molar-refractivity contribution in [2.45, 2.75) is 9.79 Å². The quantitative estimate of drug-likeness (QED) is 0.490. The lowest BCUT2D eigenvalue weighted by atomic mass is 10.3. The van der Waals surface area contributed by atoms with E-state index in [2.05, 4.69) is 10.6 Å². The molecule has 2 aromatic carbocycles. The largest absolute Gasteiger partial charge is 0.349 e. The summed E-state index contributed by atoms with van der Waals surface area (Å²) in [7, 11) is -3.75. The van der Waals surface area contributed by atoms with Gasteiger partial charge < -0.3 is 10.6 Å². The maximum atomic E-state index is 12.8. The predicted octanol–water partition coefficient (Wildman–Crippen LogP) is 3.73. The lowest BCUT2D eigenvalue weighted by Crippen LogP contribution is -2.12. The number of alkyl halides is 1. The summed E-state index contributed by atoms with van der Waals surface area (Å²) < 4.78 is 25.6. The highest BCUT2D eigenvalue weighted by Crippen LogP contribution is 2.25. The van der Waals surface area contributed by atoms with E-state index in [4.69, 9.17) is 22.1 Å². The van der Waals surface area contributed by atoms with Crippen molar-refractivity contribution in [3.05, 3.63) is 59.1 Å². The molecule has 0 aliphatic carbocycles. The molecule has 2 rings (SSSR count). The average molecular weight is 447 g/mol. The molecular formula is C19H15ClN4O3S2. The van der Waals surface area contributed by atoms with E-state index in [0.29, 0.717) is 16.4 Å². The number of sulfone groups is 1. The Kier molecular flexibility index (Phi) is 7.68. The van der Waals surface area contributed by atoms with Gasteiger partial charge in [0.05, 0.1) is 9.79 Å². The molecule has 0 spiro atoms. The van der Waals surface area contributed by atoms with Crippen molar-refractivity contribution in [2.75, 3.05) is 22.8 Å². The zero-order valence-electron chi connectivity index (χ0n) is 15.1. The van der Waals surface area contributed by atoms with E-state index in [9.17, 15) is 13.2 Å². The van der Waals surface area contributed by atoms with Crippen molar-refractivity contribution in [3.8, 4) is 12.1 Å². The van der Waals surface area contributed by atoms with Crippen LogP contribution in [0.4, 0.5) is 11.4 Å². The summed E-state index contributed by atoms with van der Waals surface area (Å²) in [5.74, 6) is -0.585. The molecule has 0 aliphatic heterocycles. The minimum absolute atomic E-state index is 0.0597. The van der Waals surface area contributed by atoms with Gasteiger partial charge in [0.15, 0.2) is 5.57 Å². The number of nitrogens with zero attached hydrogens (tertiary/aromatic N) is 2. The van der Waals surface area contributed by atoms with Gasteiger partial charge in [0.25, 0.3) is 0 Å². The van der Waals surface area contributed by atoms with E-state index in [1.54, 1.807) is 30.5 Å². The molecule has 0 aromatic heterocycles. The fourth-order valence-corrected chi connectivity index (χ4v) is 4.08. The van der Waals surface area contributed by atoms with E-state index in [1.165, 1.54) is 48.2 Å². The maximum absolute atomic E-state index is 12.8. The topological polar surface area (TPSA) is 123 Å². The molecule has 0 heterocycles. The van der Waals surface area contributed by atoms with E-state index >= 15 is 0 Å². The Labute approximate surface area is 177 Å². The first-order valence-corrected chi connectivity index (χ1v) is 11.3. The molecule has 10 heteroatoms. The van der Waals surface area contributed by atoms with E-state index in [1.807, 2.05) is 0 Å². The zero-order valence-corrected chi connectivity index (χ0v) is 17.5. The monoisotopic (exact) mass is 446 g/mol. The highest BCUT2D eigenvalue weighted by atomic mass is 35.5. The van der Waals surface area contributed by atoms with Gasteiger partial charge >= 0.3 is 0 Å². The lowest BCUT2D eigenvalue weighted by Gasteiger charge is -2.10. The second-order valence-corrected chi connectivity index (χ2v) is 8.52. The minimum Gasteiger partial charge on any atom is -0.349 e. The zero-order chi connectivity index (χ0) is 21.4. The molecule has 1 amide bonds. The first-order chi connectivity index (χ1) is 13.8. The van der Waals surface area contributed by atoms with Crippen LogP contribution in [0.1, 0.15) is 0 Å². The third kappa shape index (κ3) is 5.52. The van der Waals surface area contributed by atoms with Crippen LogP contribution in [0.2, 0.25) is 0 Å². The molecule has 2 N–H and O–H groups in total. The van der Waals surface area contributed by atoms with Crippen molar-refractivity contribution in [3.63, 3.8) is 0 Å². The van der Waals surface area contributed by atoms with Crippen LogP contribution in [-0.4, -0.2) is 26.5 Å². The van der Waals surface area contributed by atoms with Crippen LogP contribution < -0.4 is 10.6 Å². The number of hydrogen-bond acceptors (Lipinski definition) is 7. The van der Waals surface area contributed by atoms with Crippen molar-refractivity contribution in [1.29, 1.82) is 10.5 Å². The summed E-state index contributed by atoms with van der Waals surface area (Å²) in [5, 5.41) is 23.8. The molecule has 29 heavy (non-hydrogen) atoms. The molecule has 0 atom stereocenters. The molecule has 2 aromatic rings. The van der Waals surface area contributed by atoms with Crippen molar-refractivity contribution in [1.82, 2.24) is 0 Å². The van der Waals surface area contributed by atoms with Crippen LogP contribution in [0.3, 0.4) is 0 Å². The summed E-state index contributed by atoms with van der Waals surface area (Å²) in [5.41, 5.74) is 0.919. The Balaban J connectivity index is 2.24. The van der Waals surface area contributed by atoms with E-state index in [0.717, 1.165) is 0 Å². The second kappa shape index (κ2) is 9.99. The SMILES string of the molecule is CSC(Nc1ccc(S(=O)(=O)c2ccc(NC(=O)CCl)cc2)cc1)=C(C#N)C#N. The van der Waals surface area contributed by atoms with Gasteiger partial charge in [0.2, 0.25) is 15.7 Å². The number of amides is 1. The molecule has 0 bridgehead atoms. The van der Waals surface area contributed by atoms with Gasteiger partial charge in [-0.05, 0) is 54.8 Å². The van der Waals surface area contributed by atoms with Crippen LogP contribution in [0.15, 0.2) is 68.9 Å². The van der Waals surface area contributed by atoms with Crippen molar-refractivity contribution >= 4 is 50.5 Å². The van der Waals surface area contributed by atoms with Gasteiger partial charge in [-0.3, -0.25) is 4.79 Å². The van der Waals surface area contributed by atoms with E-state index in [-0.39, 0.29) is 27.2 Å². The molecule has 0 saturated heterocycles. The Morgan fingerprint density at radius 3 is 1.79 bits per heavy atom. The minimum atomic E-state index is -3.75. The molecule has 0 aliphatic rings. The fraction of sp³-hybridized carbons (Fsp3) is 0.105. The molecule has 0 saturated carbocycles. The lowest BCUT2D eigenvalue weighted by molar-refractivity contribution is -0.113. The number of carbonyl (C=O) groups excluding carboxylic acids is 1. The Morgan fingerprint density at radius 2 is 1.41 bits per heavy atom. The maximum Gasteiger partial charge on any atom is 0.239 e. The molecule has 0 radical (unpaired) electrons. The van der Waals surface area contributed by atoms with Gasteiger partial charge in [-0.2, -0.15) is 10.5 Å². The number of thioether (sulfide) groups is 1. The van der Waals surface area contributed by atoms with Gasteiger partial charge in [-0.25, -0.2) is 8.42 Å². The first kappa shape index (κ1) is 22.3. The molecule has 0 fully saturated rings. The van der Waals surface area contributed by atoms with Gasteiger partial charge in [0, 0.05) is 11.4 Å². The number of anilines is 2. The number of carbonyl (C=O) groups is 1. The van der Waals surface area contributed by atoms with Crippen LogP contribution in [0, 0.1) is 22.7 Å². The third-order valence-electron chi connectivity index (χ3n) is 3.65. The first-order valence-electron chi connectivity index (χ1n) is 8.02. The summed E-state index contributed by atoms with van der Waals surface area (Å²) in [6.07, 6.45) is 1.72. The summed E-state index contributed by atoms with van der Waals surface area (Å²) >= 11 is 6.63. The van der Waals surface area contributed by atoms with E-state index < -0.39 is 9.84 Å². The number of allylic oxidation sites excluding steroid dienone is 1. The summed E-state index contributed by atoms with van der Waals surface area (Å²) in [6, 6.07) is 15.3. The number of rotatable bonds is 7. The number of nitriles is 2. The van der Waals surface area contributed by atoms with Gasteiger partial charge in [0.1, 0.15) is 23.0 Å². The highest BCUT2D eigenvalue weighted by Gasteiger charge is 2.18. The summed E-state index contributed by atoms with van der Waals surface area (Å²) in [6.45, 7) is 0. The number of halogens is 1. The van der Waals surface area contributed by atoms with Crippen LogP contribution in [0.5, 0.6) is 0 Å².